The van der Waals surface area contributed by atoms with Gasteiger partial charge in [-0.15, -0.1) is 5.10 Å². The smallest absolute Gasteiger partial charge is 0.361 e. The number of carbonyl (C=O) groups excluding carboxylic acids is 1. The topological polar surface area (TPSA) is 106 Å². The van der Waals surface area contributed by atoms with E-state index in [1.165, 1.54) is 11.1 Å². The lowest BCUT2D eigenvalue weighted by Crippen LogP contribution is -2.09. The van der Waals surface area contributed by atoms with Crippen LogP contribution in [0.3, 0.4) is 0 Å². The number of esters is 1. The zero-order valence-corrected chi connectivity index (χ0v) is 25.8. The SMILES string of the molecule is CCOC(=O)c1nn(Cc2ccc(OC)cc2)nc1-c1ccc2c(c1)Cc1cc(-c3cnn(Cc4ccc(OC)cc4)n3)ccc1-2. The van der Waals surface area contributed by atoms with Crippen molar-refractivity contribution in [2.45, 2.75) is 26.4 Å². The molecule has 1 aliphatic rings. The van der Waals surface area contributed by atoms with Crippen LogP contribution in [0.25, 0.3) is 33.6 Å². The Morgan fingerprint density at radius 3 is 1.91 bits per heavy atom. The normalized spacial score (nSPS) is 11.6. The number of hydrogen-bond acceptors (Lipinski definition) is 8. The van der Waals surface area contributed by atoms with E-state index in [1.54, 1.807) is 36.9 Å². The van der Waals surface area contributed by atoms with E-state index in [2.05, 4.69) is 40.5 Å². The molecule has 46 heavy (non-hydrogen) atoms. The first-order valence-corrected chi connectivity index (χ1v) is 15.1. The minimum absolute atomic E-state index is 0.200. The fourth-order valence-electron chi connectivity index (χ4n) is 5.76. The van der Waals surface area contributed by atoms with Crippen molar-refractivity contribution in [3.63, 3.8) is 0 Å². The van der Waals surface area contributed by atoms with Crippen LogP contribution in [0.5, 0.6) is 11.5 Å². The van der Waals surface area contributed by atoms with Crippen LogP contribution in [-0.4, -0.2) is 56.8 Å². The molecule has 1 aliphatic carbocycles. The van der Waals surface area contributed by atoms with Crippen LogP contribution >= 0.6 is 0 Å². The number of nitrogens with zero attached hydrogens (tertiary/aromatic N) is 6. The molecular weight excluding hydrogens is 580 g/mol. The molecule has 0 aliphatic heterocycles. The summed E-state index contributed by atoms with van der Waals surface area (Å²) in [5.74, 6) is 1.10. The van der Waals surface area contributed by atoms with Gasteiger partial charge in [-0.3, -0.25) is 0 Å². The predicted molar refractivity (Wildman–Crippen MR) is 173 cm³/mol. The quantitative estimate of drug-likeness (QED) is 0.172. The third-order valence-electron chi connectivity index (χ3n) is 8.08. The number of rotatable bonds is 10. The van der Waals surface area contributed by atoms with Crippen molar-refractivity contribution >= 4 is 5.97 Å². The van der Waals surface area contributed by atoms with E-state index in [0.717, 1.165) is 57.0 Å². The molecule has 10 heteroatoms. The molecule has 4 aromatic carbocycles. The van der Waals surface area contributed by atoms with Gasteiger partial charge in [0.1, 0.15) is 22.9 Å². The Morgan fingerprint density at radius 2 is 1.30 bits per heavy atom. The van der Waals surface area contributed by atoms with Gasteiger partial charge in [-0.05, 0) is 83.1 Å². The van der Waals surface area contributed by atoms with Gasteiger partial charge in [0.25, 0.3) is 0 Å². The highest BCUT2D eigenvalue weighted by atomic mass is 16.5. The van der Waals surface area contributed by atoms with E-state index < -0.39 is 5.97 Å². The largest absolute Gasteiger partial charge is 0.497 e. The molecule has 2 aromatic heterocycles. The summed E-state index contributed by atoms with van der Waals surface area (Å²) in [6.45, 7) is 3.00. The molecule has 0 spiro atoms. The summed E-state index contributed by atoms with van der Waals surface area (Å²) in [5.41, 5.74) is 10.1. The predicted octanol–water partition coefficient (Wildman–Crippen LogP) is 6.07. The second-order valence-corrected chi connectivity index (χ2v) is 11.0. The lowest BCUT2D eigenvalue weighted by molar-refractivity contribution is 0.0519. The van der Waals surface area contributed by atoms with Gasteiger partial charge >= 0.3 is 5.97 Å². The van der Waals surface area contributed by atoms with Gasteiger partial charge in [-0.1, -0.05) is 48.5 Å². The average Bonchev–Trinajstić information content (AvgIpc) is 3.82. The molecule has 6 aromatic rings. The fraction of sp³-hybridized carbons (Fsp3) is 0.194. The highest BCUT2D eigenvalue weighted by molar-refractivity contribution is 5.94. The number of fused-ring (bicyclic) bond motifs is 3. The van der Waals surface area contributed by atoms with Crippen molar-refractivity contribution in [2.24, 2.45) is 0 Å². The summed E-state index contributed by atoms with van der Waals surface area (Å²) in [6, 6.07) is 28.2. The van der Waals surface area contributed by atoms with E-state index in [4.69, 9.17) is 24.4 Å². The van der Waals surface area contributed by atoms with Crippen LogP contribution in [0.2, 0.25) is 0 Å². The highest BCUT2D eigenvalue weighted by Crippen LogP contribution is 2.40. The van der Waals surface area contributed by atoms with Gasteiger partial charge in [0, 0.05) is 11.1 Å². The number of benzene rings is 4. The van der Waals surface area contributed by atoms with E-state index in [1.807, 2.05) is 54.6 Å². The van der Waals surface area contributed by atoms with Crippen molar-refractivity contribution in [3.05, 3.63) is 119 Å². The van der Waals surface area contributed by atoms with Crippen molar-refractivity contribution in [1.29, 1.82) is 0 Å². The summed E-state index contributed by atoms with van der Waals surface area (Å²) in [5, 5.41) is 18.5. The molecule has 0 radical (unpaired) electrons. The molecule has 2 heterocycles. The first-order valence-electron chi connectivity index (χ1n) is 15.1. The third kappa shape index (κ3) is 5.72. The first kappa shape index (κ1) is 29.0. The fourth-order valence-corrected chi connectivity index (χ4v) is 5.76. The van der Waals surface area contributed by atoms with Crippen LogP contribution < -0.4 is 9.47 Å². The summed E-state index contributed by atoms with van der Waals surface area (Å²) in [4.78, 5) is 16.2. The molecule has 0 fully saturated rings. The molecule has 0 N–H and O–H groups in total. The van der Waals surface area contributed by atoms with Gasteiger partial charge in [0.2, 0.25) is 0 Å². The van der Waals surface area contributed by atoms with Crippen LogP contribution in [0.1, 0.15) is 39.7 Å². The molecule has 10 nitrogen and oxygen atoms in total. The summed E-state index contributed by atoms with van der Waals surface area (Å²) < 4.78 is 15.9. The molecule has 0 saturated carbocycles. The minimum atomic E-state index is -0.494. The zero-order chi connectivity index (χ0) is 31.6. The summed E-state index contributed by atoms with van der Waals surface area (Å²) >= 11 is 0. The molecule has 0 unspecified atom stereocenters. The zero-order valence-electron chi connectivity index (χ0n) is 25.8. The maximum absolute atomic E-state index is 12.9. The van der Waals surface area contributed by atoms with Gasteiger partial charge in [-0.2, -0.15) is 24.9 Å². The second kappa shape index (κ2) is 12.3. The van der Waals surface area contributed by atoms with Gasteiger partial charge < -0.3 is 14.2 Å². The molecule has 0 amide bonds. The van der Waals surface area contributed by atoms with Gasteiger partial charge in [-0.25, -0.2) is 4.79 Å². The summed E-state index contributed by atoms with van der Waals surface area (Å²) in [6.07, 6.45) is 2.55. The highest BCUT2D eigenvalue weighted by Gasteiger charge is 2.25. The molecule has 7 rings (SSSR count). The van der Waals surface area contributed by atoms with Crippen molar-refractivity contribution < 1.29 is 19.0 Å². The third-order valence-corrected chi connectivity index (χ3v) is 8.08. The maximum atomic E-state index is 12.9. The van der Waals surface area contributed by atoms with Crippen molar-refractivity contribution in [3.8, 4) is 45.1 Å². The lowest BCUT2D eigenvalue weighted by atomic mass is 10.0. The van der Waals surface area contributed by atoms with Crippen molar-refractivity contribution in [1.82, 2.24) is 30.0 Å². The van der Waals surface area contributed by atoms with Crippen LogP contribution in [0.15, 0.2) is 91.1 Å². The Kier molecular flexibility index (Phi) is 7.76. The van der Waals surface area contributed by atoms with Gasteiger partial charge in [0.15, 0.2) is 5.69 Å². The first-order chi connectivity index (χ1) is 22.5. The van der Waals surface area contributed by atoms with Crippen LogP contribution in [-0.2, 0) is 24.2 Å². The van der Waals surface area contributed by atoms with E-state index in [9.17, 15) is 4.79 Å². The average molecular weight is 613 g/mol. The number of methoxy groups -OCH3 is 2. The van der Waals surface area contributed by atoms with Crippen molar-refractivity contribution in [2.75, 3.05) is 20.8 Å². The molecule has 0 bridgehead atoms. The monoisotopic (exact) mass is 612 g/mol. The molecular formula is C36H32N6O4. The van der Waals surface area contributed by atoms with E-state index in [-0.39, 0.29) is 12.3 Å². The van der Waals surface area contributed by atoms with E-state index in [0.29, 0.717) is 18.8 Å². The number of ether oxygens (including phenoxy) is 3. The molecule has 0 saturated heterocycles. The van der Waals surface area contributed by atoms with Gasteiger partial charge in [0.05, 0.1) is 40.1 Å². The Hall–Kier alpha value is -5.77. The molecule has 0 atom stereocenters. The standard InChI is InChI=1S/C36H32N6O4/c1-4-46-36(43)35-34(39-42(40-35)22-24-7-13-30(45-3)14-8-24)26-10-16-32-28(18-26)19-27-17-25(9-15-31(27)32)33-20-37-41(38-33)21-23-5-11-29(44-2)12-6-23/h5-18,20H,4,19,21-22H2,1-3H3. The number of carbonyl (C=O) groups is 1. The molecule has 230 valence electrons. The van der Waals surface area contributed by atoms with Crippen LogP contribution in [0.4, 0.5) is 0 Å². The Labute approximate surface area is 266 Å². The Bertz CT molecular complexity index is 2030. The van der Waals surface area contributed by atoms with Crippen LogP contribution in [0, 0.1) is 0 Å². The number of aromatic nitrogens is 6. The summed E-state index contributed by atoms with van der Waals surface area (Å²) in [7, 11) is 3.29. The number of hydrogen-bond donors (Lipinski definition) is 0. The van der Waals surface area contributed by atoms with E-state index >= 15 is 0 Å². The minimum Gasteiger partial charge on any atom is -0.497 e. The second-order valence-electron chi connectivity index (χ2n) is 11.0. The Morgan fingerprint density at radius 1 is 0.717 bits per heavy atom. The Balaban J connectivity index is 1.13. The lowest BCUT2D eigenvalue weighted by Gasteiger charge is -2.05. The maximum Gasteiger partial charge on any atom is 0.361 e.